The van der Waals surface area contributed by atoms with Gasteiger partial charge in [0, 0.05) is 38.3 Å². The van der Waals surface area contributed by atoms with E-state index in [1.54, 1.807) is 0 Å². The molecular weight excluding hydrogens is 426 g/mol. The number of terminal acetylenes is 1. The number of rotatable bonds is 12. The van der Waals surface area contributed by atoms with Gasteiger partial charge in [-0.2, -0.15) is 0 Å². The van der Waals surface area contributed by atoms with Crippen LogP contribution in [0.4, 0.5) is 5.88 Å². The van der Waals surface area contributed by atoms with E-state index in [1.807, 2.05) is 37.4 Å². The zero-order chi connectivity index (χ0) is 24.5. The van der Waals surface area contributed by atoms with E-state index < -0.39 is 6.10 Å². The van der Waals surface area contributed by atoms with Crippen LogP contribution < -0.4 is 4.90 Å². The van der Waals surface area contributed by atoms with Crippen molar-refractivity contribution < 1.29 is 14.4 Å². The summed E-state index contributed by atoms with van der Waals surface area (Å²) in [5.74, 6) is 3.18. The molecule has 0 fully saturated rings. The molecule has 0 aliphatic carbocycles. The van der Waals surface area contributed by atoms with Gasteiger partial charge in [-0.05, 0) is 26.3 Å². The molecule has 0 amide bonds. The molecule has 0 aliphatic heterocycles. The van der Waals surface area contributed by atoms with E-state index >= 15 is 0 Å². The largest absolute Gasteiger partial charge is 0.389 e. The zero-order valence-electron chi connectivity index (χ0n) is 20.6. The van der Waals surface area contributed by atoms with Crippen molar-refractivity contribution in [3.8, 4) is 23.6 Å². The van der Waals surface area contributed by atoms with Gasteiger partial charge in [-0.3, -0.25) is 4.90 Å². The average molecular weight is 462 g/mol. The lowest BCUT2D eigenvalue weighted by molar-refractivity contribution is 0.0243. The Bertz CT molecular complexity index is 1070. The maximum absolute atomic E-state index is 10.7. The molecule has 6 nitrogen and oxygen atoms in total. The summed E-state index contributed by atoms with van der Waals surface area (Å²) in [6, 6.07) is 18.7. The fourth-order valence-electron chi connectivity index (χ4n) is 3.86. The number of hydrogen-bond acceptors (Lipinski definition) is 6. The topological polar surface area (TPSA) is 62.0 Å². The van der Waals surface area contributed by atoms with Crippen LogP contribution in [0.5, 0.6) is 0 Å². The number of anilines is 1. The van der Waals surface area contributed by atoms with Crippen LogP contribution in [-0.4, -0.2) is 54.1 Å². The van der Waals surface area contributed by atoms with Gasteiger partial charge in [0.25, 0.3) is 0 Å². The van der Waals surface area contributed by atoms with E-state index in [0.717, 1.165) is 22.7 Å². The molecule has 6 heteroatoms. The Labute approximate surface area is 203 Å². The molecular formula is C28H35N3O3. The van der Waals surface area contributed by atoms with Gasteiger partial charge in [-0.25, -0.2) is 0 Å². The Balaban J connectivity index is 1.94. The maximum atomic E-state index is 10.7. The number of hydrogen-bond donors (Lipinski definition) is 1. The lowest BCUT2D eigenvalue weighted by atomic mass is 10.1. The first kappa shape index (κ1) is 25.5. The minimum atomic E-state index is -0.676. The van der Waals surface area contributed by atoms with Gasteiger partial charge >= 0.3 is 0 Å². The summed E-state index contributed by atoms with van der Waals surface area (Å²) < 4.78 is 11.3. The van der Waals surface area contributed by atoms with Crippen LogP contribution >= 0.6 is 0 Å². The Morgan fingerprint density at radius 1 is 1.12 bits per heavy atom. The summed E-state index contributed by atoms with van der Waals surface area (Å²) in [6.07, 6.45) is 4.60. The number of aryl methyl sites for hydroxylation is 1. The average Bonchev–Trinajstić information content (AvgIpc) is 3.22. The summed E-state index contributed by atoms with van der Waals surface area (Å²) in [5.41, 5.74) is 5.18. The third-order valence-corrected chi connectivity index (χ3v) is 5.74. The van der Waals surface area contributed by atoms with Crippen LogP contribution in [-0.2, 0) is 17.8 Å². The number of ether oxygens (including phenoxy) is 1. The number of aliphatic hydroxyl groups excluding tert-OH is 1. The first-order valence-electron chi connectivity index (χ1n) is 11.6. The highest BCUT2D eigenvalue weighted by Gasteiger charge is 2.25. The van der Waals surface area contributed by atoms with E-state index in [2.05, 4.69) is 65.9 Å². The van der Waals surface area contributed by atoms with Gasteiger partial charge in [0.1, 0.15) is 12.3 Å². The fraction of sp³-hybridized carbons (Fsp3) is 0.393. The van der Waals surface area contributed by atoms with E-state index in [1.165, 1.54) is 11.1 Å². The van der Waals surface area contributed by atoms with Gasteiger partial charge < -0.3 is 19.3 Å². The molecule has 1 aromatic heterocycles. The molecule has 0 saturated carbocycles. The quantitative estimate of drug-likeness (QED) is 0.316. The number of aliphatic hydroxyl groups is 1. The monoisotopic (exact) mass is 461 g/mol. The molecule has 0 spiro atoms. The van der Waals surface area contributed by atoms with Crippen LogP contribution in [0.25, 0.3) is 11.3 Å². The predicted molar refractivity (Wildman–Crippen MR) is 136 cm³/mol. The molecule has 1 N–H and O–H groups in total. The van der Waals surface area contributed by atoms with Crippen molar-refractivity contribution in [1.82, 2.24) is 10.1 Å². The van der Waals surface area contributed by atoms with Crippen molar-refractivity contribution in [2.45, 2.75) is 46.0 Å². The second kappa shape index (κ2) is 12.4. The van der Waals surface area contributed by atoms with Gasteiger partial charge in [0.05, 0.1) is 18.3 Å². The third-order valence-electron chi connectivity index (χ3n) is 5.74. The zero-order valence-corrected chi connectivity index (χ0v) is 20.6. The highest BCUT2D eigenvalue weighted by molar-refractivity contribution is 5.68. The minimum Gasteiger partial charge on any atom is -0.389 e. The molecule has 34 heavy (non-hydrogen) atoms. The van der Waals surface area contributed by atoms with Gasteiger partial charge in [0.15, 0.2) is 0 Å². The van der Waals surface area contributed by atoms with Gasteiger partial charge in [0.2, 0.25) is 5.88 Å². The lowest BCUT2D eigenvalue weighted by Crippen LogP contribution is -2.35. The third kappa shape index (κ3) is 6.94. The summed E-state index contributed by atoms with van der Waals surface area (Å²) in [5, 5.41) is 15.1. The van der Waals surface area contributed by atoms with E-state index in [9.17, 15) is 5.11 Å². The van der Waals surface area contributed by atoms with Crippen molar-refractivity contribution in [3.63, 3.8) is 0 Å². The molecule has 2 aromatic carbocycles. The predicted octanol–water partition coefficient (Wildman–Crippen LogP) is 4.51. The molecule has 1 heterocycles. The summed E-state index contributed by atoms with van der Waals surface area (Å²) >= 11 is 0. The van der Waals surface area contributed by atoms with Crippen molar-refractivity contribution in [2.24, 2.45) is 0 Å². The Morgan fingerprint density at radius 2 is 1.88 bits per heavy atom. The van der Waals surface area contributed by atoms with Crippen molar-refractivity contribution in [1.29, 1.82) is 0 Å². The molecule has 0 aliphatic rings. The molecule has 1 unspecified atom stereocenters. The smallest absolute Gasteiger partial charge is 0.232 e. The number of aromatic nitrogens is 1. The molecule has 3 aromatic rings. The second-order valence-electron chi connectivity index (χ2n) is 8.92. The van der Waals surface area contributed by atoms with Gasteiger partial charge in [-0.1, -0.05) is 71.2 Å². The molecule has 0 saturated heterocycles. The number of nitrogens with zero attached hydrogens (tertiary/aromatic N) is 3. The van der Waals surface area contributed by atoms with Gasteiger partial charge in [-0.15, -0.1) is 6.42 Å². The second-order valence-corrected chi connectivity index (χ2v) is 8.92. The lowest BCUT2D eigenvalue weighted by Gasteiger charge is -2.27. The SMILES string of the molecule is C#CCOCC(O)CN(Cc1cccc(C)c1)Cc1c(-c2ccccc2)noc1N(C)C(C)C. The Hall–Kier alpha value is -3.11. The molecule has 0 bridgehead atoms. The van der Waals surface area contributed by atoms with Crippen LogP contribution in [0, 0.1) is 19.3 Å². The van der Waals surface area contributed by atoms with Crippen LogP contribution in [0.1, 0.15) is 30.5 Å². The Kier molecular flexibility index (Phi) is 9.29. The highest BCUT2D eigenvalue weighted by atomic mass is 16.5. The van der Waals surface area contributed by atoms with Crippen LogP contribution in [0.2, 0.25) is 0 Å². The van der Waals surface area contributed by atoms with Crippen LogP contribution in [0.15, 0.2) is 59.1 Å². The van der Waals surface area contributed by atoms with Crippen molar-refractivity contribution in [3.05, 3.63) is 71.3 Å². The summed E-state index contributed by atoms with van der Waals surface area (Å²) in [6.45, 7) is 8.32. The minimum absolute atomic E-state index is 0.183. The first-order chi connectivity index (χ1) is 16.4. The summed E-state index contributed by atoms with van der Waals surface area (Å²) in [7, 11) is 2.01. The standard InChI is InChI=1S/C28H35N3O3/c1-6-15-33-20-25(32)18-31(17-23-12-10-11-22(4)16-23)19-26-27(24-13-8-7-9-14-24)29-34-28(26)30(5)21(2)3/h1,7-14,16,21,25,32H,15,17-20H2,2-5H3. The Morgan fingerprint density at radius 3 is 2.56 bits per heavy atom. The first-order valence-corrected chi connectivity index (χ1v) is 11.6. The van der Waals surface area contributed by atoms with Crippen molar-refractivity contribution in [2.75, 3.05) is 31.7 Å². The fourth-order valence-corrected chi connectivity index (χ4v) is 3.86. The normalized spacial score (nSPS) is 12.2. The molecule has 3 rings (SSSR count). The van der Waals surface area contributed by atoms with Crippen molar-refractivity contribution >= 4 is 5.88 Å². The molecule has 0 radical (unpaired) electrons. The molecule has 180 valence electrons. The van der Waals surface area contributed by atoms with Crippen LogP contribution in [0.3, 0.4) is 0 Å². The van der Waals surface area contributed by atoms with E-state index in [-0.39, 0.29) is 19.3 Å². The number of benzene rings is 2. The van der Waals surface area contributed by atoms with E-state index in [0.29, 0.717) is 19.6 Å². The highest BCUT2D eigenvalue weighted by Crippen LogP contribution is 2.33. The molecule has 1 atom stereocenters. The van der Waals surface area contributed by atoms with E-state index in [4.69, 9.17) is 15.7 Å². The maximum Gasteiger partial charge on any atom is 0.232 e. The summed E-state index contributed by atoms with van der Waals surface area (Å²) in [4.78, 5) is 4.29.